The summed E-state index contributed by atoms with van der Waals surface area (Å²) in [4.78, 5) is 71.4. The highest BCUT2D eigenvalue weighted by atomic mass is 16.4. The molecule has 4 amide bonds. The number of hydrogen-bond donors (Lipinski definition) is 7. The number of primary amides is 1. The molecule has 0 rings (SSSR count). The number of carboxylic acids is 2. The SMILES string of the molecule is CCC(C)C(NC(=O)C(CCC(=O)O)NC(=O)C(N)C(C)C)C(=O)NC(CC(N)=O)C(=O)O. The summed E-state index contributed by atoms with van der Waals surface area (Å²) in [6.45, 7) is 6.77. The van der Waals surface area contributed by atoms with E-state index in [1.54, 1.807) is 27.7 Å². The fourth-order valence-corrected chi connectivity index (χ4v) is 2.73. The number of carboxylic acid groups (broad SMARTS) is 2. The van der Waals surface area contributed by atoms with Crippen molar-refractivity contribution in [2.45, 2.75) is 77.5 Å². The van der Waals surface area contributed by atoms with Gasteiger partial charge < -0.3 is 37.6 Å². The molecule has 0 spiro atoms. The van der Waals surface area contributed by atoms with Crippen molar-refractivity contribution in [2.75, 3.05) is 0 Å². The third-order valence-electron chi connectivity index (χ3n) is 5.11. The average molecular weight is 474 g/mol. The number of aliphatic carboxylic acids is 2. The molecule has 0 aromatic heterocycles. The lowest BCUT2D eigenvalue weighted by Crippen LogP contribution is -2.59. The molecule has 13 nitrogen and oxygen atoms in total. The first-order valence-corrected chi connectivity index (χ1v) is 10.6. The van der Waals surface area contributed by atoms with Crippen LogP contribution in [0.15, 0.2) is 0 Å². The van der Waals surface area contributed by atoms with Crippen molar-refractivity contribution in [1.29, 1.82) is 0 Å². The molecule has 0 saturated heterocycles. The number of nitrogens with one attached hydrogen (secondary N) is 3. The zero-order valence-corrected chi connectivity index (χ0v) is 19.3. The first-order valence-electron chi connectivity index (χ1n) is 10.6. The van der Waals surface area contributed by atoms with Crippen molar-refractivity contribution >= 4 is 35.6 Å². The van der Waals surface area contributed by atoms with Crippen LogP contribution in [0.3, 0.4) is 0 Å². The van der Waals surface area contributed by atoms with Gasteiger partial charge in [0.25, 0.3) is 0 Å². The van der Waals surface area contributed by atoms with Crippen molar-refractivity contribution in [3.05, 3.63) is 0 Å². The predicted octanol–water partition coefficient (Wildman–Crippen LogP) is -1.70. The Bertz CT molecular complexity index is 742. The number of amides is 4. The summed E-state index contributed by atoms with van der Waals surface area (Å²) in [5.74, 6) is -6.68. The summed E-state index contributed by atoms with van der Waals surface area (Å²) in [6, 6.07) is -5.05. The minimum atomic E-state index is -1.59. The molecule has 0 aromatic carbocycles. The molecule has 0 heterocycles. The smallest absolute Gasteiger partial charge is 0.326 e. The van der Waals surface area contributed by atoms with Crippen LogP contribution >= 0.6 is 0 Å². The van der Waals surface area contributed by atoms with Crippen LogP contribution in [0.1, 0.15) is 53.4 Å². The van der Waals surface area contributed by atoms with Crippen LogP contribution in [0, 0.1) is 11.8 Å². The van der Waals surface area contributed by atoms with Crippen LogP contribution in [-0.4, -0.2) is 69.9 Å². The number of carbonyl (C=O) groups is 6. The normalized spacial score (nSPS) is 15.5. The zero-order valence-electron chi connectivity index (χ0n) is 19.3. The van der Waals surface area contributed by atoms with Crippen molar-refractivity contribution in [3.63, 3.8) is 0 Å². The number of carbonyl (C=O) groups excluding carboxylic acids is 4. The zero-order chi connectivity index (χ0) is 25.9. The third-order valence-corrected chi connectivity index (χ3v) is 5.11. The van der Waals surface area contributed by atoms with Gasteiger partial charge in [0.15, 0.2) is 0 Å². The molecule has 33 heavy (non-hydrogen) atoms. The van der Waals surface area contributed by atoms with Gasteiger partial charge in [0, 0.05) is 6.42 Å². The molecule has 0 aromatic rings. The van der Waals surface area contributed by atoms with Crippen molar-refractivity contribution in [2.24, 2.45) is 23.3 Å². The summed E-state index contributed by atoms with van der Waals surface area (Å²) in [5, 5.41) is 25.2. The first kappa shape index (κ1) is 29.8. The number of rotatable bonds is 15. The molecule has 0 aliphatic carbocycles. The van der Waals surface area contributed by atoms with E-state index in [2.05, 4.69) is 16.0 Å². The predicted molar refractivity (Wildman–Crippen MR) is 116 cm³/mol. The maximum absolute atomic E-state index is 12.9. The van der Waals surface area contributed by atoms with E-state index >= 15 is 0 Å². The summed E-state index contributed by atoms with van der Waals surface area (Å²) >= 11 is 0. The molecule has 188 valence electrons. The highest BCUT2D eigenvalue weighted by Crippen LogP contribution is 2.11. The molecule has 5 atom stereocenters. The second-order valence-corrected chi connectivity index (χ2v) is 8.21. The molecular weight excluding hydrogens is 438 g/mol. The Hall–Kier alpha value is -3.22. The van der Waals surface area contributed by atoms with Crippen LogP contribution < -0.4 is 27.4 Å². The van der Waals surface area contributed by atoms with Crippen molar-refractivity contribution in [1.82, 2.24) is 16.0 Å². The lowest BCUT2D eigenvalue weighted by Gasteiger charge is -2.28. The summed E-state index contributed by atoms with van der Waals surface area (Å²) in [7, 11) is 0. The molecule has 0 saturated carbocycles. The number of hydrogen-bond acceptors (Lipinski definition) is 7. The van der Waals surface area contributed by atoms with Gasteiger partial charge in [-0.3, -0.25) is 24.0 Å². The highest BCUT2D eigenvalue weighted by Gasteiger charge is 2.33. The summed E-state index contributed by atoms with van der Waals surface area (Å²) in [5.41, 5.74) is 10.8. The van der Waals surface area contributed by atoms with Gasteiger partial charge >= 0.3 is 11.9 Å². The maximum atomic E-state index is 12.9. The van der Waals surface area contributed by atoms with E-state index in [-0.39, 0.29) is 12.3 Å². The van der Waals surface area contributed by atoms with Crippen LogP contribution in [-0.2, 0) is 28.8 Å². The molecule has 13 heteroatoms. The molecular formula is C20H35N5O8. The minimum absolute atomic E-state index is 0.245. The fraction of sp³-hybridized carbons (Fsp3) is 0.700. The van der Waals surface area contributed by atoms with E-state index in [0.717, 1.165) is 0 Å². The largest absolute Gasteiger partial charge is 0.481 e. The maximum Gasteiger partial charge on any atom is 0.326 e. The first-order chi connectivity index (χ1) is 15.2. The second-order valence-electron chi connectivity index (χ2n) is 8.21. The molecule has 5 unspecified atom stereocenters. The molecule has 9 N–H and O–H groups in total. The fourth-order valence-electron chi connectivity index (χ4n) is 2.73. The molecule has 0 bridgehead atoms. The van der Waals surface area contributed by atoms with E-state index in [1.165, 1.54) is 0 Å². The van der Waals surface area contributed by atoms with Gasteiger partial charge in [0.1, 0.15) is 18.1 Å². The van der Waals surface area contributed by atoms with Crippen molar-refractivity contribution < 1.29 is 39.0 Å². The Morgan fingerprint density at radius 3 is 1.82 bits per heavy atom. The Morgan fingerprint density at radius 1 is 0.848 bits per heavy atom. The molecule has 0 aliphatic rings. The van der Waals surface area contributed by atoms with Crippen LogP contribution in [0.4, 0.5) is 0 Å². The van der Waals surface area contributed by atoms with E-state index in [9.17, 15) is 33.9 Å². The minimum Gasteiger partial charge on any atom is -0.481 e. The standard InChI is InChI=1S/C20H35N5O8/c1-5-10(4)16(19(31)24-12(20(32)33)8-13(21)26)25-17(29)11(6-7-14(27)28)23-18(30)15(22)9(2)3/h9-12,15-16H,5-8,22H2,1-4H3,(H2,21,26)(H,23,30)(H,24,31)(H,25,29)(H,27,28)(H,32,33). The van der Waals surface area contributed by atoms with Crippen LogP contribution in [0.2, 0.25) is 0 Å². The van der Waals surface area contributed by atoms with E-state index in [0.29, 0.717) is 6.42 Å². The van der Waals surface area contributed by atoms with Gasteiger partial charge in [0.2, 0.25) is 23.6 Å². The van der Waals surface area contributed by atoms with Gasteiger partial charge in [-0.15, -0.1) is 0 Å². The third kappa shape index (κ3) is 10.8. The van der Waals surface area contributed by atoms with Crippen molar-refractivity contribution in [3.8, 4) is 0 Å². The van der Waals surface area contributed by atoms with Gasteiger partial charge in [-0.1, -0.05) is 34.1 Å². The summed E-state index contributed by atoms with van der Waals surface area (Å²) in [6.07, 6.45) is -0.926. The Balaban J connectivity index is 5.65. The van der Waals surface area contributed by atoms with E-state index < -0.39 is 78.5 Å². The summed E-state index contributed by atoms with van der Waals surface area (Å²) < 4.78 is 0. The highest BCUT2D eigenvalue weighted by molar-refractivity contribution is 5.95. The Kier molecular flexibility index (Phi) is 12.7. The number of nitrogens with two attached hydrogens (primary N) is 2. The lowest BCUT2D eigenvalue weighted by molar-refractivity contribution is -0.144. The monoisotopic (exact) mass is 473 g/mol. The van der Waals surface area contributed by atoms with Crippen LogP contribution in [0.25, 0.3) is 0 Å². The lowest BCUT2D eigenvalue weighted by atomic mass is 9.96. The Labute approximate surface area is 192 Å². The molecule has 0 aliphatic heterocycles. The van der Waals surface area contributed by atoms with E-state index in [4.69, 9.17) is 16.6 Å². The van der Waals surface area contributed by atoms with Gasteiger partial charge in [0.05, 0.1) is 12.5 Å². The van der Waals surface area contributed by atoms with Crippen LogP contribution in [0.5, 0.6) is 0 Å². The van der Waals surface area contributed by atoms with E-state index in [1.807, 2.05) is 0 Å². The van der Waals surface area contributed by atoms with Gasteiger partial charge in [-0.05, 0) is 18.3 Å². The van der Waals surface area contributed by atoms with Gasteiger partial charge in [-0.2, -0.15) is 0 Å². The molecule has 0 radical (unpaired) electrons. The quantitative estimate of drug-likeness (QED) is 0.143. The second kappa shape index (κ2) is 14.0. The Morgan fingerprint density at radius 2 is 1.39 bits per heavy atom. The molecule has 0 fully saturated rings. The van der Waals surface area contributed by atoms with Gasteiger partial charge in [-0.25, -0.2) is 4.79 Å². The average Bonchev–Trinajstić information content (AvgIpc) is 2.71. The topological polar surface area (TPSA) is 231 Å².